The van der Waals surface area contributed by atoms with Crippen molar-refractivity contribution in [1.82, 2.24) is 5.32 Å². The Morgan fingerprint density at radius 3 is 1.92 bits per heavy atom. The molecule has 2 aromatic rings. The van der Waals surface area contributed by atoms with Gasteiger partial charge in [0.25, 0.3) is 5.91 Å². The normalized spacial score (nSPS) is 10.9. The number of carbonyl (C=O) groups is 1. The summed E-state index contributed by atoms with van der Waals surface area (Å²) in [5, 5.41) is 14.0. The summed E-state index contributed by atoms with van der Waals surface area (Å²) in [6.07, 6.45) is 21.1. The molecule has 0 unspecified atom stereocenters. The summed E-state index contributed by atoms with van der Waals surface area (Å²) in [6, 6.07) is 9.42. The van der Waals surface area contributed by atoms with E-state index in [1.165, 1.54) is 102 Å². The zero-order valence-corrected chi connectivity index (χ0v) is 22.7. The topological polar surface area (TPSA) is 94.6 Å². The van der Waals surface area contributed by atoms with Crippen molar-refractivity contribution in [2.45, 2.75) is 116 Å². The second-order valence-corrected chi connectivity index (χ2v) is 9.84. The molecule has 0 radical (unpaired) electrons. The summed E-state index contributed by atoms with van der Waals surface area (Å²) in [4.78, 5) is 22.9. The molecule has 37 heavy (non-hydrogen) atoms. The maximum absolute atomic E-state index is 12.3. The predicted octanol–water partition coefficient (Wildman–Crippen LogP) is 8.76. The van der Waals surface area contributed by atoms with Crippen molar-refractivity contribution in [3.05, 3.63) is 58.0 Å². The lowest BCUT2D eigenvalue weighted by molar-refractivity contribution is -0.386. The van der Waals surface area contributed by atoms with E-state index in [1.807, 2.05) is 0 Å². The maximum Gasteiger partial charge on any atom is 0.310 e. The Balaban J connectivity index is 1.44. The first kappa shape index (κ1) is 30.4. The Labute approximate surface area is 222 Å². The Morgan fingerprint density at radius 2 is 1.35 bits per heavy atom. The molecule has 0 atom stereocenters. The van der Waals surface area contributed by atoms with Crippen LogP contribution >= 0.6 is 0 Å². The molecule has 0 aliphatic heterocycles. The van der Waals surface area contributed by atoms with Gasteiger partial charge in [0.2, 0.25) is 0 Å². The van der Waals surface area contributed by atoms with Crippen LogP contribution in [-0.2, 0) is 6.61 Å². The lowest BCUT2D eigenvalue weighted by atomic mass is 10.0. The highest BCUT2D eigenvalue weighted by Crippen LogP contribution is 2.26. The number of nitrogens with one attached hydrogen (secondary N) is 1. The van der Waals surface area contributed by atoms with Gasteiger partial charge in [0.1, 0.15) is 12.4 Å². The molecule has 0 saturated carbocycles. The van der Waals surface area contributed by atoms with Crippen molar-refractivity contribution in [1.29, 1.82) is 0 Å². The summed E-state index contributed by atoms with van der Waals surface area (Å²) in [5.41, 5.74) is -0.106. The average Bonchev–Trinajstić information content (AvgIpc) is 3.38. The fourth-order valence-corrected chi connectivity index (χ4v) is 4.42. The highest BCUT2D eigenvalue weighted by Gasteiger charge is 2.15. The number of furan rings is 1. The first-order valence-electron chi connectivity index (χ1n) is 14.3. The number of nitrogens with zero attached hydrogens (tertiary/aromatic N) is 1. The highest BCUT2D eigenvalue weighted by molar-refractivity contribution is 5.91. The van der Waals surface area contributed by atoms with E-state index in [9.17, 15) is 14.9 Å². The van der Waals surface area contributed by atoms with Crippen molar-refractivity contribution < 1.29 is 18.9 Å². The Hall–Kier alpha value is -2.83. The smallest absolute Gasteiger partial charge is 0.310 e. The largest absolute Gasteiger partial charge is 0.479 e. The van der Waals surface area contributed by atoms with Gasteiger partial charge in [0.15, 0.2) is 11.5 Å². The summed E-state index contributed by atoms with van der Waals surface area (Å²) in [5.74, 6) is 0.569. The van der Waals surface area contributed by atoms with Gasteiger partial charge >= 0.3 is 5.69 Å². The van der Waals surface area contributed by atoms with E-state index in [0.717, 1.165) is 12.8 Å². The summed E-state index contributed by atoms with van der Waals surface area (Å²) < 4.78 is 11.1. The number of rotatable bonds is 22. The highest BCUT2D eigenvalue weighted by atomic mass is 16.6. The predicted molar refractivity (Wildman–Crippen MR) is 148 cm³/mol. The van der Waals surface area contributed by atoms with Crippen molar-refractivity contribution in [3.8, 4) is 5.75 Å². The fraction of sp³-hybridized carbons (Fsp3) is 0.633. The van der Waals surface area contributed by atoms with E-state index in [0.29, 0.717) is 12.3 Å². The van der Waals surface area contributed by atoms with Crippen LogP contribution in [0.25, 0.3) is 0 Å². The van der Waals surface area contributed by atoms with Crippen LogP contribution in [-0.4, -0.2) is 17.4 Å². The standard InChI is InChI=1S/C30H46N2O5/c1-2-3-4-5-6-7-8-9-10-11-12-13-14-15-16-19-24-31-30(33)29-23-22-26(37-29)25-36-28-21-18-17-20-27(28)32(34)35/h17-18,20-23H,2-16,19,24-25H2,1H3,(H,31,33). The molecule has 1 amide bonds. The van der Waals surface area contributed by atoms with Crippen molar-refractivity contribution in [2.75, 3.05) is 6.54 Å². The van der Waals surface area contributed by atoms with E-state index in [-0.39, 0.29) is 29.7 Å². The Kier molecular flexibility index (Phi) is 15.9. The number of benzene rings is 1. The third kappa shape index (κ3) is 13.3. The lowest BCUT2D eigenvalue weighted by Gasteiger charge is -2.05. The monoisotopic (exact) mass is 514 g/mol. The summed E-state index contributed by atoms with van der Waals surface area (Å²) >= 11 is 0. The molecule has 2 rings (SSSR count). The second-order valence-electron chi connectivity index (χ2n) is 9.84. The average molecular weight is 515 g/mol. The SMILES string of the molecule is CCCCCCCCCCCCCCCCCCNC(=O)c1ccc(COc2ccccc2[N+](=O)[O-])o1. The molecule has 0 bridgehead atoms. The fourth-order valence-electron chi connectivity index (χ4n) is 4.42. The lowest BCUT2D eigenvalue weighted by Crippen LogP contribution is -2.23. The molecule has 7 heteroatoms. The van der Waals surface area contributed by atoms with Gasteiger partial charge in [-0.2, -0.15) is 0 Å². The zero-order chi connectivity index (χ0) is 26.6. The van der Waals surface area contributed by atoms with E-state index in [1.54, 1.807) is 24.3 Å². The number of nitro groups is 1. The zero-order valence-electron chi connectivity index (χ0n) is 22.7. The Bertz CT molecular complexity index is 896. The van der Waals surface area contributed by atoms with Crippen LogP contribution < -0.4 is 10.1 Å². The minimum Gasteiger partial charge on any atom is -0.479 e. The van der Waals surface area contributed by atoms with Crippen LogP contribution in [0.4, 0.5) is 5.69 Å². The molecule has 0 spiro atoms. The van der Waals surface area contributed by atoms with Gasteiger partial charge in [-0.05, 0) is 24.6 Å². The number of para-hydroxylation sites is 2. The number of hydrogen-bond donors (Lipinski definition) is 1. The van der Waals surface area contributed by atoms with E-state index in [2.05, 4.69) is 12.2 Å². The molecule has 1 aromatic carbocycles. The van der Waals surface area contributed by atoms with Gasteiger partial charge in [-0.15, -0.1) is 0 Å². The summed E-state index contributed by atoms with van der Waals surface area (Å²) in [7, 11) is 0. The van der Waals surface area contributed by atoms with Gasteiger partial charge in [0.05, 0.1) is 4.92 Å². The number of hydrogen-bond acceptors (Lipinski definition) is 5. The maximum atomic E-state index is 12.3. The van der Waals surface area contributed by atoms with Gasteiger partial charge in [0, 0.05) is 12.6 Å². The first-order valence-corrected chi connectivity index (χ1v) is 14.3. The van der Waals surface area contributed by atoms with Gasteiger partial charge < -0.3 is 14.5 Å². The third-order valence-corrected chi connectivity index (χ3v) is 6.63. The molecule has 0 aliphatic rings. The number of nitro benzene ring substituents is 1. The van der Waals surface area contributed by atoms with E-state index >= 15 is 0 Å². The molecule has 0 aliphatic carbocycles. The van der Waals surface area contributed by atoms with Crippen LogP contribution in [0.5, 0.6) is 5.75 Å². The molecule has 206 valence electrons. The first-order chi connectivity index (χ1) is 18.1. The van der Waals surface area contributed by atoms with Crippen LogP contribution in [0, 0.1) is 10.1 Å². The number of ether oxygens (including phenoxy) is 1. The third-order valence-electron chi connectivity index (χ3n) is 6.63. The molecule has 1 heterocycles. The van der Waals surface area contributed by atoms with E-state index < -0.39 is 4.92 Å². The van der Waals surface area contributed by atoms with Crippen molar-refractivity contribution >= 4 is 11.6 Å². The molecular formula is C30H46N2O5. The van der Waals surface area contributed by atoms with E-state index in [4.69, 9.17) is 9.15 Å². The molecular weight excluding hydrogens is 468 g/mol. The number of amides is 1. The molecule has 0 saturated heterocycles. The number of carbonyl (C=O) groups excluding carboxylic acids is 1. The Morgan fingerprint density at radius 1 is 0.811 bits per heavy atom. The van der Waals surface area contributed by atoms with Crippen molar-refractivity contribution in [3.63, 3.8) is 0 Å². The molecule has 0 fully saturated rings. The molecule has 7 nitrogen and oxygen atoms in total. The van der Waals surface area contributed by atoms with Gasteiger partial charge in [-0.3, -0.25) is 14.9 Å². The van der Waals surface area contributed by atoms with Crippen LogP contribution in [0.3, 0.4) is 0 Å². The van der Waals surface area contributed by atoms with Gasteiger partial charge in [-0.1, -0.05) is 115 Å². The van der Waals surface area contributed by atoms with Crippen LogP contribution in [0.2, 0.25) is 0 Å². The van der Waals surface area contributed by atoms with Gasteiger partial charge in [-0.25, -0.2) is 0 Å². The quantitative estimate of drug-likeness (QED) is 0.0962. The van der Waals surface area contributed by atoms with Crippen LogP contribution in [0.15, 0.2) is 40.8 Å². The molecule has 1 aromatic heterocycles. The second kappa shape index (κ2) is 19.3. The van der Waals surface area contributed by atoms with Crippen molar-refractivity contribution in [2.24, 2.45) is 0 Å². The molecule has 1 N–H and O–H groups in total. The van der Waals surface area contributed by atoms with Crippen LogP contribution in [0.1, 0.15) is 126 Å². The number of unbranched alkanes of at least 4 members (excludes halogenated alkanes) is 15. The minimum atomic E-state index is -0.491. The summed E-state index contributed by atoms with van der Waals surface area (Å²) in [6.45, 7) is 2.91. The minimum absolute atomic E-state index is 0.0112.